The lowest BCUT2D eigenvalue weighted by Gasteiger charge is -2.08. The van der Waals surface area contributed by atoms with Crippen LogP contribution < -0.4 is 10.1 Å². The number of carbonyl (C=O) groups is 1. The molecule has 5 nitrogen and oxygen atoms in total. The molecule has 0 saturated heterocycles. The first-order valence-corrected chi connectivity index (χ1v) is 8.62. The average Bonchev–Trinajstić information content (AvgIpc) is 3.06. The van der Waals surface area contributed by atoms with Crippen molar-refractivity contribution in [2.75, 3.05) is 5.32 Å². The van der Waals surface area contributed by atoms with E-state index in [0.717, 1.165) is 22.1 Å². The fourth-order valence-electron chi connectivity index (χ4n) is 2.85. The van der Waals surface area contributed by atoms with E-state index in [1.54, 1.807) is 30.8 Å². The van der Waals surface area contributed by atoms with Crippen molar-refractivity contribution in [1.82, 2.24) is 4.98 Å². The van der Waals surface area contributed by atoms with Crippen LogP contribution in [0.5, 0.6) is 11.5 Å². The minimum absolute atomic E-state index is 0.0962. The van der Waals surface area contributed by atoms with Gasteiger partial charge >= 0.3 is 0 Å². The summed E-state index contributed by atoms with van der Waals surface area (Å²) in [5, 5.41) is 3.87. The van der Waals surface area contributed by atoms with Gasteiger partial charge in [0.2, 0.25) is 5.91 Å². The number of fused-ring (bicyclic) bond motifs is 1. The molecule has 0 spiro atoms. The van der Waals surface area contributed by atoms with Gasteiger partial charge in [0.15, 0.2) is 0 Å². The zero-order chi connectivity index (χ0) is 18.6. The summed E-state index contributed by atoms with van der Waals surface area (Å²) >= 11 is 0. The summed E-state index contributed by atoms with van der Waals surface area (Å²) in [5.41, 5.74) is 3.52. The van der Waals surface area contributed by atoms with Crippen LogP contribution in [0.1, 0.15) is 11.1 Å². The van der Waals surface area contributed by atoms with Crippen LogP contribution in [0.4, 0.5) is 5.69 Å². The maximum Gasteiger partial charge on any atom is 0.228 e. The molecular formula is C22H18N2O3. The Morgan fingerprint density at radius 2 is 1.78 bits per heavy atom. The molecule has 0 unspecified atom stereocenters. The van der Waals surface area contributed by atoms with Crippen LogP contribution in [-0.2, 0) is 11.2 Å². The lowest BCUT2D eigenvalue weighted by atomic mass is 10.1. The number of pyridine rings is 1. The number of hydrogen-bond donors (Lipinski definition) is 1. The second-order valence-electron chi connectivity index (χ2n) is 6.29. The minimum Gasteiger partial charge on any atom is -0.464 e. The Morgan fingerprint density at radius 1 is 1.04 bits per heavy atom. The molecule has 2 aromatic carbocycles. The first kappa shape index (κ1) is 16.8. The van der Waals surface area contributed by atoms with Crippen LogP contribution in [0.2, 0.25) is 0 Å². The Hall–Kier alpha value is -3.60. The predicted molar refractivity (Wildman–Crippen MR) is 104 cm³/mol. The van der Waals surface area contributed by atoms with Crippen molar-refractivity contribution in [1.29, 1.82) is 0 Å². The zero-order valence-electron chi connectivity index (χ0n) is 14.8. The number of ether oxygens (including phenoxy) is 1. The standard InChI is InChI=1S/C22H18N2O3/c1-15-2-7-20-16(14-26-21(20)12-15)13-22(25)24-17-3-5-18(6-4-17)27-19-8-10-23-11-9-19/h2-12,14H,13H2,1H3,(H,24,25). The van der Waals surface area contributed by atoms with E-state index in [1.807, 2.05) is 49.4 Å². The molecular weight excluding hydrogens is 340 g/mol. The van der Waals surface area contributed by atoms with E-state index < -0.39 is 0 Å². The van der Waals surface area contributed by atoms with Crippen molar-refractivity contribution < 1.29 is 13.9 Å². The number of aryl methyl sites for hydroxylation is 1. The zero-order valence-corrected chi connectivity index (χ0v) is 14.8. The van der Waals surface area contributed by atoms with Gasteiger partial charge < -0.3 is 14.5 Å². The van der Waals surface area contributed by atoms with Gasteiger partial charge in [0.05, 0.1) is 12.7 Å². The van der Waals surface area contributed by atoms with Gasteiger partial charge in [0.1, 0.15) is 17.1 Å². The molecule has 0 atom stereocenters. The second-order valence-corrected chi connectivity index (χ2v) is 6.29. The summed E-state index contributed by atoms with van der Waals surface area (Å²) in [7, 11) is 0. The topological polar surface area (TPSA) is 64.4 Å². The number of aromatic nitrogens is 1. The Bertz CT molecular complexity index is 1070. The summed E-state index contributed by atoms with van der Waals surface area (Å²) in [5.74, 6) is 1.31. The predicted octanol–water partition coefficient (Wildman–Crippen LogP) is 5.11. The van der Waals surface area contributed by atoms with Gasteiger partial charge in [-0.1, -0.05) is 12.1 Å². The van der Waals surface area contributed by atoms with Crippen LogP contribution in [0.15, 0.2) is 77.7 Å². The minimum atomic E-state index is -0.0962. The lowest BCUT2D eigenvalue weighted by Crippen LogP contribution is -2.14. The van der Waals surface area contributed by atoms with Crippen LogP contribution in [0, 0.1) is 6.92 Å². The number of rotatable bonds is 5. The van der Waals surface area contributed by atoms with Crippen molar-refractivity contribution >= 4 is 22.6 Å². The molecule has 0 aliphatic rings. The maximum atomic E-state index is 12.4. The summed E-state index contributed by atoms with van der Waals surface area (Å²) in [6.45, 7) is 2.01. The van der Waals surface area contributed by atoms with Crippen LogP contribution in [0.3, 0.4) is 0 Å². The van der Waals surface area contributed by atoms with Crippen molar-refractivity contribution in [2.45, 2.75) is 13.3 Å². The number of benzene rings is 2. The van der Waals surface area contributed by atoms with Gasteiger partial charge in [-0.2, -0.15) is 0 Å². The third-order valence-electron chi connectivity index (χ3n) is 4.19. The number of carbonyl (C=O) groups excluding carboxylic acids is 1. The molecule has 2 aromatic heterocycles. The molecule has 1 amide bonds. The number of nitrogens with one attached hydrogen (secondary N) is 1. The third kappa shape index (κ3) is 3.98. The summed E-state index contributed by atoms with van der Waals surface area (Å²) in [4.78, 5) is 16.3. The van der Waals surface area contributed by atoms with Crippen molar-refractivity contribution in [3.63, 3.8) is 0 Å². The molecule has 4 rings (SSSR count). The quantitative estimate of drug-likeness (QED) is 0.538. The van der Waals surface area contributed by atoms with Crippen molar-refractivity contribution in [3.8, 4) is 11.5 Å². The van der Waals surface area contributed by atoms with Crippen LogP contribution in [0.25, 0.3) is 11.0 Å². The Labute approximate surface area is 156 Å². The highest BCUT2D eigenvalue weighted by atomic mass is 16.5. The van der Waals surface area contributed by atoms with E-state index in [9.17, 15) is 4.79 Å². The smallest absolute Gasteiger partial charge is 0.228 e. The van der Waals surface area contributed by atoms with E-state index in [0.29, 0.717) is 17.2 Å². The molecule has 0 saturated carbocycles. The van der Waals surface area contributed by atoms with E-state index in [4.69, 9.17) is 9.15 Å². The van der Waals surface area contributed by atoms with Gasteiger partial charge in [0, 0.05) is 29.0 Å². The highest BCUT2D eigenvalue weighted by Gasteiger charge is 2.11. The maximum absolute atomic E-state index is 12.4. The first-order valence-electron chi connectivity index (χ1n) is 8.62. The largest absolute Gasteiger partial charge is 0.464 e. The fraction of sp³-hybridized carbons (Fsp3) is 0.0909. The molecule has 0 aliphatic heterocycles. The number of furan rings is 1. The van der Waals surface area contributed by atoms with Crippen LogP contribution in [-0.4, -0.2) is 10.9 Å². The van der Waals surface area contributed by atoms with E-state index >= 15 is 0 Å². The molecule has 0 bridgehead atoms. The normalized spacial score (nSPS) is 10.7. The van der Waals surface area contributed by atoms with E-state index in [1.165, 1.54) is 0 Å². The number of hydrogen-bond acceptors (Lipinski definition) is 4. The summed E-state index contributed by atoms with van der Waals surface area (Å²) < 4.78 is 11.3. The molecule has 27 heavy (non-hydrogen) atoms. The SMILES string of the molecule is Cc1ccc2c(CC(=O)Nc3ccc(Oc4ccncc4)cc3)coc2c1. The average molecular weight is 358 g/mol. The highest BCUT2D eigenvalue weighted by Crippen LogP contribution is 2.24. The van der Waals surface area contributed by atoms with Gasteiger partial charge in [-0.3, -0.25) is 9.78 Å². The van der Waals surface area contributed by atoms with Crippen LogP contribution >= 0.6 is 0 Å². The molecule has 134 valence electrons. The number of amides is 1. The number of anilines is 1. The lowest BCUT2D eigenvalue weighted by molar-refractivity contribution is -0.115. The van der Waals surface area contributed by atoms with Gasteiger partial charge in [-0.15, -0.1) is 0 Å². The molecule has 1 N–H and O–H groups in total. The first-order chi connectivity index (χ1) is 13.2. The van der Waals surface area contributed by atoms with E-state index in [-0.39, 0.29) is 12.3 Å². The Kier molecular flexibility index (Phi) is 4.58. The molecule has 5 heteroatoms. The monoisotopic (exact) mass is 358 g/mol. The Morgan fingerprint density at radius 3 is 2.56 bits per heavy atom. The molecule has 0 fully saturated rings. The Balaban J connectivity index is 1.40. The summed E-state index contributed by atoms with van der Waals surface area (Å²) in [6.07, 6.45) is 5.25. The fourth-order valence-corrected chi connectivity index (χ4v) is 2.85. The highest BCUT2D eigenvalue weighted by molar-refractivity contribution is 5.95. The van der Waals surface area contributed by atoms with Crippen molar-refractivity contribution in [2.24, 2.45) is 0 Å². The van der Waals surface area contributed by atoms with Gasteiger partial charge in [-0.05, 0) is 55.0 Å². The molecule has 0 radical (unpaired) electrons. The van der Waals surface area contributed by atoms with Gasteiger partial charge in [0.25, 0.3) is 0 Å². The molecule has 2 heterocycles. The molecule has 4 aromatic rings. The van der Waals surface area contributed by atoms with Crippen molar-refractivity contribution in [3.05, 3.63) is 84.4 Å². The number of nitrogens with zero attached hydrogens (tertiary/aromatic N) is 1. The molecule has 0 aliphatic carbocycles. The van der Waals surface area contributed by atoms with Gasteiger partial charge in [-0.25, -0.2) is 0 Å². The third-order valence-corrected chi connectivity index (χ3v) is 4.19. The summed E-state index contributed by atoms with van der Waals surface area (Å²) in [6, 6.07) is 16.8. The second kappa shape index (κ2) is 7.33. The van der Waals surface area contributed by atoms with E-state index in [2.05, 4.69) is 10.3 Å².